The molecule has 0 aliphatic carbocycles. The molecular formula is C23H18ClFN4O2S. The lowest BCUT2D eigenvalue weighted by atomic mass is 10.1. The topological polar surface area (TPSA) is 83.1 Å². The quantitative estimate of drug-likeness (QED) is 0.337. The largest absolute Gasteiger partial charge is 0.334 e. The average molecular weight is 469 g/mol. The number of fused-ring (bicyclic) bond motifs is 1. The summed E-state index contributed by atoms with van der Waals surface area (Å²) in [6, 6.07) is 16.2. The smallest absolute Gasteiger partial charge is 0.321 e. The van der Waals surface area contributed by atoms with Crippen LogP contribution in [0.1, 0.15) is 21.5 Å². The maximum Gasteiger partial charge on any atom is 0.321 e. The molecule has 6 nitrogen and oxygen atoms in total. The lowest BCUT2D eigenvalue weighted by molar-refractivity contribution is 0.102. The fraction of sp³-hybridized carbons (Fsp3) is 0.0870. The molecule has 3 amide bonds. The van der Waals surface area contributed by atoms with Gasteiger partial charge in [-0.3, -0.25) is 10.1 Å². The molecule has 1 aromatic heterocycles. The predicted octanol–water partition coefficient (Wildman–Crippen LogP) is 5.97. The van der Waals surface area contributed by atoms with Crippen molar-refractivity contribution < 1.29 is 14.0 Å². The highest BCUT2D eigenvalue weighted by atomic mass is 35.5. The van der Waals surface area contributed by atoms with Crippen LogP contribution in [0, 0.1) is 12.7 Å². The molecule has 0 aliphatic rings. The van der Waals surface area contributed by atoms with Crippen molar-refractivity contribution in [1.29, 1.82) is 0 Å². The molecule has 0 saturated heterocycles. The van der Waals surface area contributed by atoms with Crippen LogP contribution in [0.5, 0.6) is 0 Å². The maximum absolute atomic E-state index is 13.7. The molecule has 3 N–H and O–H groups in total. The number of thiazole rings is 1. The van der Waals surface area contributed by atoms with E-state index in [1.54, 1.807) is 42.5 Å². The van der Waals surface area contributed by atoms with E-state index in [0.29, 0.717) is 32.5 Å². The molecule has 0 unspecified atom stereocenters. The van der Waals surface area contributed by atoms with Gasteiger partial charge in [0.2, 0.25) is 0 Å². The first kappa shape index (κ1) is 21.7. The summed E-state index contributed by atoms with van der Waals surface area (Å²) in [4.78, 5) is 29.2. The van der Waals surface area contributed by atoms with Crippen LogP contribution in [0.25, 0.3) is 10.2 Å². The molecule has 4 aromatic rings. The Bertz CT molecular complexity index is 1300. The average Bonchev–Trinajstić information content (AvgIpc) is 3.17. The van der Waals surface area contributed by atoms with Crippen molar-refractivity contribution in [2.45, 2.75) is 13.5 Å². The van der Waals surface area contributed by atoms with E-state index in [2.05, 4.69) is 20.9 Å². The molecule has 1 heterocycles. The van der Waals surface area contributed by atoms with E-state index in [9.17, 15) is 14.0 Å². The van der Waals surface area contributed by atoms with Crippen LogP contribution in [0.15, 0.2) is 60.7 Å². The van der Waals surface area contributed by atoms with E-state index < -0.39 is 6.03 Å². The summed E-state index contributed by atoms with van der Waals surface area (Å²) in [5.41, 5.74) is 2.90. The van der Waals surface area contributed by atoms with Crippen LogP contribution in [0.3, 0.4) is 0 Å². The van der Waals surface area contributed by atoms with Crippen LogP contribution < -0.4 is 16.0 Å². The summed E-state index contributed by atoms with van der Waals surface area (Å²) in [6.45, 7) is 1.91. The fourth-order valence-electron chi connectivity index (χ4n) is 3.05. The van der Waals surface area contributed by atoms with Crippen molar-refractivity contribution in [3.05, 3.63) is 88.2 Å². The lowest BCUT2D eigenvalue weighted by Crippen LogP contribution is -2.28. The molecule has 0 fully saturated rings. The molecule has 0 spiro atoms. The molecule has 0 atom stereocenters. The molecule has 32 heavy (non-hydrogen) atoms. The number of hydrogen-bond donors (Lipinski definition) is 3. The van der Waals surface area contributed by atoms with Crippen molar-refractivity contribution in [3.8, 4) is 0 Å². The number of anilines is 2. The standard InChI is InChI=1S/C23H18ClFN4O2S/c1-13-5-4-7-16(24)20(13)28-21(30)14-9-10-18-19(11-14)32-23(27-18)29-22(31)26-12-15-6-2-3-8-17(15)25/h2-11H,12H2,1H3,(H,28,30)(H2,26,27,29,31). The number of carbonyl (C=O) groups excluding carboxylic acids is 2. The van der Waals surface area contributed by atoms with E-state index >= 15 is 0 Å². The summed E-state index contributed by atoms with van der Waals surface area (Å²) in [7, 11) is 0. The molecule has 0 bridgehead atoms. The van der Waals surface area contributed by atoms with Gasteiger partial charge in [-0.15, -0.1) is 0 Å². The first-order valence-electron chi connectivity index (χ1n) is 9.66. The van der Waals surface area contributed by atoms with E-state index in [0.717, 1.165) is 10.3 Å². The van der Waals surface area contributed by atoms with Crippen LogP contribution in [-0.2, 0) is 6.54 Å². The van der Waals surface area contributed by atoms with Gasteiger partial charge in [0.05, 0.1) is 20.9 Å². The minimum atomic E-state index is -0.500. The Labute approximate surface area is 192 Å². The number of nitrogens with zero attached hydrogens (tertiary/aromatic N) is 1. The number of amides is 3. The van der Waals surface area contributed by atoms with Crippen molar-refractivity contribution in [1.82, 2.24) is 10.3 Å². The summed E-state index contributed by atoms with van der Waals surface area (Å²) < 4.78 is 14.4. The van der Waals surface area contributed by atoms with E-state index in [1.165, 1.54) is 17.4 Å². The van der Waals surface area contributed by atoms with Gasteiger partial charge >= 0.3 is 6.03 Å². The highest BCUT2D eigenvalue weighted by Crippen LogP contribution is 2.29. The van der Waals surface area contributed by atoms with Gasteiger partial charge in [0.1, 0.15) is 5.82 Å². The highest BCUT2D eigenvalue weighted by Gasteiger charge is 2.14. The number of urea groups is 1. The number of nitrogens with one attached hydrogen (secondary N) is 3. The van der Waals surface area contributed by atoms with Gasteiger partial charge < -0.3 is 10.6 Å². The maximum atomic E-state index is 13.7. The van der Waals surface area contributed by atoms with E-state index in [-0.39, 0.29) is 18.3 Å². The van der Waals surface area contributed by atoms with Crippen molar-refractivity contribution in [2.75, 3.05) is 10.6 Å². The number of para-hydroxylation sites is 1. The summed E-state index contributed by atoms with van der Waals surface area (Å²) in [5.74, 6) is -0.681. The zero-order chi connectivity index (χ0) is 22.7. The fourth-order valence-corrected chi connectivity index (χ4v) is 4.22. The van der Waals surface area contributed by atoms with E-state index in [1.807, 2.05) is 19.1 Å². The molecule has 3 aromatic carbocycles. The van der Waals surface area contributed by atoms with Crippen molar-refractivity contribution in [2.24, 2.45) is 0 Å². The van der Waals surface area contributed by atoms with Crippen LogP contribution in [0.2, 0.25) is 5.02 Å². The predicted molar refractivity (Wildman–Crippen MR) is 126 cm³/mol. The zero-order valence-corrected chi connectivity index (χ0v) is 18.5. The second-order valence-electron chi connectivity index (χ2n) is 6.99. The molecule has 0 radical (unpaired) electrons. The Morgan fingerprint density at radius 3 is 2.66 bits per heavy atom. The van der Waals surface area contributed by atoms with Crippen LogP contribution >= 0.6 is 22.9 Å². The number of hydrogen-bond acceptors (Lipinski definition) is 4. The summed E-state index contributed by atoms with van der Waals surface area (Å²) in [6.07, 6.45) is 0. The van der Waals surface area contributed by atoms with Crippen LogP contribution in [-0.4, -0.2) is 16.9 Å². The molecule has 9 heteroatoms. The number of halogens is 2. The second-order valence-corrected chi connectivity index (χ2v) is 8.42. The Morgan fingerprint density at radius 1 is 1.06 bits per heavy atom. The second kappa shape index (κ2) is 9.33. The first-order chi connectivity index (χ1) is 15.4. The normalized spacial score (nSPS) is 10.7. The van der Waals surface area contributed by atoms with Gasteiger partial charge in [-0.25, -0.2) is 14.2 Å². The summed E-state index contributed by atoms with van der Waals surface area (Å²) >= 11 is 7.42. The Hall–Kier alpha value is -3.49. The number of carbonyl (C=O) groups is 2. The minimum absolute atomic E-state index is 0.0508. The molecule has 0 saturated carbocycles. The number of aromatic nitrogens is 1. The van der Waals surface area contributed by atoms with Gasteiger partial charge in [0.25, 0.3) is 5.91 Å². The number of rotatable bonds is 5. The molecule has 162 valence electrons. The highest BCUT2D eigenvalue weighted by molar-refractivity contribution is 7.22. The Morgan fingerprint density at radius 2 is 1.88 bits per heavy atom. The third-order valence-corrected chi connectivity index (χ3v) is 5.98. The lowest BCUT2D eigenvalue weighted by Gasteiger charge is -2.10. The molecular weight excluding hydrogens is 451 g/mol. The van der Waals surface area contributed by atoms with Crippen LogP contribution in [0.4, 0.5) is 20.0 Å². The monoisotopic (exact) mass is 468 g/mol. The number of aryl methyl sites for hydroxylation is 1. The van der Waals surface area contributed by atoms with Gasteiger partial charge in [0.15, 0.2) is 5.13 Å². The Kier molecular flexibility index (Phi) is 6.34. The molecule has 0 aliphatic heterocycles. The summed E-state index contributed by atoms with van der Waals surface area (Å²) in [5, 5.41) is 8.91. The van der Waals surface area contributed by atoms with Gasteiger partial charge in [0, 0.05) is 17.7 Å². The van der Waals surface area contributed by atoms with Crippen molar-refractivity contribution >= 4 is 55.9 Å². The van der Waals surface area contributed by atoms with Gasteiger partial charge in [-0.1, -0.05) is 53.3 Å². The molecule has 4 rings (SSSR count). The van der Waals surface area contributed by atoms with Gasteiger partial charge in [-0.2, -0.15) is 0 Å². The minimum Gasteiger partial charge on any atom is -0.334 e. The third-order valence-electron chi connectivity index (χ3n) is 4.73. The Balaban J connectivity index is 1.44. The van der Waals surface area contributed by atoms with Gasteiger partial charge in [-0.05, 0) is 42.8 Å². The number of benzene rings is 3. The zero-order valence-electron chi connectivity index (χ0n) is 16.9. The van der Waals surface area contributed by atoms with E-state index in [4.69, 9.17) is 11.6 Å². The third kappa shape index (κ3) is 4.87. The van der Waals surface area contributed by atoms with Crippen molar-refractivity contribution in [3.63, 3.8) is 0 Å². The SMILES string of the molecule is Cc1cccc(Cl)c1NC(=O)c1ccc2nc(NC(=O)NCc3ccccc3F)sc2c1. The first-order valence-corrected chi connectivity index (χ1v) is 10.9.